The lowest BCUT2D eigenvalue weighted by atomic mass is 10.0. The standard InChI is InChI=1S/C14H24O3Si/c1-6-16-18(15-5,12-14(2,3)4)17-13-10-8-7-9-11-13/h7-11H,6,12H2,1-5H3. The van der Waals surface area contributed by atoms with E-state index in [0.717, 1.165) is 11.8 Å². The van der Waals surface area contributed by atoms with Gasteiger partial charge in [-0.05, 0) is 24.5 Å². The summed E-state index contributed by atoms with van der Waals surface area (Å²) >= 11 is 0. The first kappa shape index (κ1) is 15.2. The number of hydrogen-bond donors (Lipinski definition) is 0. The number of para-hydroxylation sites is 1. The molecule has 102 valence electrons. The Hall–Kier alpha value is -0.843. The quantitative estimate of drug-likeness (QED) is 0.736. The molecule has 0 aliphatic heterocycles. The third-order valence-corrected chi connectivity index (χ3v) is 5.83. The van der Waals surface area contributed by atoms with Gasteiger partial charge in [-0.3, -0.25) is 0 Å². The van der Waals surface area contributed by atoms with Crippen LogP contribution in [-0.4, -0.2) is 22.5 Å². The van der Waals surface area contributed by atoms with Crippen LogP contribution in [0.1, 0.15) is 27.7 Å². The van der Waals surface area contributed by atoms with Crippen molar-refractivity contribution in [3.63, 3.8) is 0 Å². The third-order valence-electron chi connectivity index (χ3n) is 2.44. The molecule has 0 amide bonds. The minimum absolute atomic E-state index is 0.103. The molecular weight excluding hydrogens is 244 g/mol. The summed E-state index contributed by atoms with van der Waals surface area (Å²) in [6.07, 6.45) is 0. The Morgan fingerprint density at radius 3 is 2.17 bits per heavy atom. The number of benzene rings is 1. The molecule has 0 saturated carbocycles. The van der Waals surface area contributed by atoms with Crippen LogP contribution in [0.2, 0.25) is 6.04 Å². The van der Waals surface area contributed by atoms with Gasteiger partial charge in [0.1, 0.15) is 5.75 Å². The van der Waals surface area contributed by atoms with Gasteiger partial charge >= 0.3 is 8.80 Å². The smallest absolute Gasteiger partial charge is 0.501 e. The van der Waals surface area contributed by atoms with Gasteiger partial charge in [0.15, 0.2) is 0 Å². The second kappa shape index (κ2) is 6.36. The molecule has 0 spiro atoms. The van der Waals surface area contributed by atoms with E-state index in [4.69, 9.17) is 13.3 Å². The molecule has 0 heterocycles. The first-order valence-electron chi connectivity index (χ1n) is 6.34. The molecule has 4 heteroatoms. The summed E-state index contributed by atoms with van der Waals surface area (Å²) in [6.45, 7) is 9.07. The monoisotopic (exact) mass is 268 g/mol. The van der Waals surface area contributed by atoms with Gasteiger partial charge in [0, 0.05) is 19.8 Å². The summed E-state index contributed by atoms with van der Waals surface area (Å²) in [6, 6.07) is 10.5. The number of rotatable bonds is 6. The summed E-state index contributed by atoms with van der Waals surface area (Å²) < 4.78 is 17.6. The van der Waals surface area contributed by atoms with E-state index in [2.05, 4.69) is 20.8 Å². The number of hydrogen-bond acceptors (Lipinski definition) is 3. The largest absolute Gasteiger partial charge is 0.566 e. The van der Waals surface area contributed by atoms with E-state index in [9.17, 15) is 0 Å². The highest BCUT2D eigenvalue weighted by atomic mass is 28.4. The maximum absolute atomic E-state index is 6.06. The van der Waals surface area contributed by atoms with Crippen LogP contribution in [0.4, 0.5) is 0 Å². The molecular formula is C14H24O3Si. The Morgan fingerprint density at radius 1 is 1.11 bits per heavy atom. The molecule has 1 atom stereocenters. The topological polar surface area (TPSA) is 27.7 Å². The molecule has 0 aliphatic carbocycles. The first-order chi connectivity index (χ1) is 8.41. The molecule has 0 N–H and O–H groups in total. The maximum atomic E-state index is 6.06. The van der Waals surface area contributed by atoms with Gasteiger partial charge < -0.3 is 13.3 Å². The van der Waals surface area contributed by atoms with Crippen molar-refractivity contribution in [3.05, 3.63) is 30.3 Å². The van der Waals surface area contributed by atoms with Crippen LogP contribution < -0.4 is 4.43 Å². The average molecular weight is 268 g/mol. The normalized spacial score (nSPS) is 15.2. The maximum Gasteiger partial charge on any atom is 0.566 e. The Morgan fingerprint density at radius 2 is 1.72 bits per heavy atom. The zero-order chi connectivity index (χ0) is 13.6. The molecule has 1 unspecified atom stereocenters. The van der Waals surface area contributed by atoms with E-state index in [1.54, 1.807) is 7.11 Å². The van der Waals surface area contributed by atoms with Gasteiger partial charge in [-0.25, -0.2) is 0 Å². The zero-order valence-electron chi connectivity index (χ0n) is 12.0. The van der Waals surface area contributed by atoms with Crippen molar-refractivity contribution in [2.75, 3.05) is 13.7 Å². The van der Waals surface area contributed by atoms with E-state index in [-0.39, 0.29) is 5.41 Å². The van der Waals surface area contributed by atoms with Gasteiger partial charge in [0.05, 0.1) is 0 Å². The Balaban J connectivity index is 2.89. The van der Waals surface area contributed by atoms with E-state index in [1.165, 1.54) is 0 Å². The Bertz CT molecular complexity index is 348. The van der Waals surface area contributed by atoms with Crippen molar-refractivity contribution < 1.29 is 13.3 Å². The highest BCUT2D eigenvalue weighted by Gasteiger charge is 2.46. The van der Waals surface area contributed by atoms with Crippen LogP contribution in [0.5, 0.6) is 5.75 Å². The predicted molar refractivity (Wildman–Crippen MR) is 75.7 cm³/mol. The molecule has 0 saturated heterocycles. The highest BCUT2D eigenvalue weighted by molar-refractivity contribution is 6.61. The minimum atomic E-state index is -2.65. The van der Waals surface area contributed by atoms with Crippen LogP contribution in [0, 0.1) is 5.41 Å². The summed E-state index contributed by atoms with van der Waals surface area (Å²) in [5.74, 6) is 0.809. The molecule has 0 aliphatic rings. The lowest BCUT2D eigenvalue weighted by Gasteiger charge is -2.33. The Kier molecular flexibility index (Phi) is 5.38. The lowest BCUT2D eigenvalue weighted by molar-refractivity contribution is 0.125. The molecule has 0 fully saturated rings. The lowest BCUT2D eigenvalue weighted by Crippen LogP contribution is -2.50. The second-order valence-corrected chi connectivity index (χ2v) is 8.09. The molecule has 1 rings (SSSR count). The van der Waals surface area contributed by atoms with E-state index < -0.39 is 8.80 Å². The second-order valence-electron chi connectivity index (χ2n) is 5.47. The first-order valence-corrected chi connectivity index (χ1v) is 8.27. The summed E-state index contributed by atoms with van der Waals surface area (Å²) in [4.78, 5) is 0. The van der Waals surface area contributed by atoms with Crippen molar-refractivity contribution in [2.45, 2.75) is 33.7 Å². The fourth-order valence-corrected chi connectivity index (χ4v) is 4.64. The van der Waals surface area contributed by atoms with Crippen LogP contribution in [-0.2, 0) is 8.85 Å². The van der Waals surface area contributed by atoms with Gasteiger partial charge in [0.2, 0.25) is 0 Å². The SMILES string of the molecule is CCO[Si](CC(C)(C)C)(OC)Oc1ccccc1. The molecule has 18 heavy (non-hydrogen) atoms. The van der Waals surface area contributed by atoms with Crippen LogP contribution >= 0.6 is 0 Å². The van der Waals surface area contributed by atoms with E-state index in [0.29, 0.717) is 6.61 Å². The van der Waals surface area contributed by atoms with Crippen molar-refractivity contribution in [2.24, 2.45) is 5.41 Å². The van der Waals surface area contributed by atoms with Crippen LogP contribution in [0.3, 0.4) is 0 Å². The summed E-state index contributed by atoms with van der Waals surface area (Å²) in [7, 11) is -0.969. The van der Waals surface area contributed by atoms with Gasteiger partial charge in [-0.1, -0.05) is 39.0 Å². The predicted octanol–water partition coefficient (Wildman–Crippen LogP) is 3.73. The van der Waals surface area contributed by atoms with E-state index >= 15 is 0 Å². The highest BCUT2D eigenvalue weighted by Crippen LogP contribution is 2.30. The third kappa shape index (κ3) is 4.80. The molecule has 1 aromatic rings. The van der Waals surface area contributed by atoms with Gasteiger partial charge in [-0.15, -0.1) is 0 Å². The molecule has 0 bridgehead atoms. The fraction of sp³-hybridized carbons (Fsp3) is 0.571. The molecule has 1 aromatic carbocycles. The zero-order valence-corrected chi connectivity index (χ0v) is 13.0. The minimum Gasteiger partial charge on any atom is -0.501 e. The fourth-order valence-electron chi connectivity index (χ4n) is 1.83. The van der Waals surface area contributed by atoms with Crippen molar-refractivity contribution in [1.82, 2.24) is 0 Å². The van der Waals surface area contributed by atoms with Crippen molar-refractivity contribution in [1.29, 1.82) is 0 Å². The Labute approximate surface area is 111 Å². The summed E-state index contributed by atoms with van der Waals surface area (Å²) in [5.41, 5.74) is 0.103. The van der Waals surface area contributed by atoms with Gasteiger partial charge in [0.25, 0.3) is 0 Å². The van der Waals surface area contributed by atoms with Crippen molar-refractivity contribution >= 4 is 8.80 Å². The van der Waals surface area contributed by atoms with Gasteiger partial charge in [-0.2, -0.15) is 0 Å². The molecule has 0 aromatic heterocycles. The van der Waals surface area contributed by atoms with E-state index in [1.807, 2.05) is 37.3 Å². The average Bonchev–Trinajstić information content (AvgIpc) is 2.28. The van der Waals surface area contributed by atoms with Crippen molar-refractivity contribution in [3.8, 4) is 5.75 Å². The molecule has 0 radical (unpaired) electrons. The summed E-state index contributed by atoms with van der Waals surface area (Å²) in [5, 5.41) is 0. The van der Waals surface area contributed by atoms with Crippen LogP contribution in [0.15, 0.2) is 30.3 Å². The molecule has 3 nitrogen and oxygen atoms in total. The van der Waals surface area contributed by atoms with Crippen LogP contribution in [0.25, 0.3) is 0 Å².